The first-order chi connectivity index (χ1) is 9.56. The van der Waals surface area contributed by atoms with Crippen molar-refractivity contribution >= 4 is 37.1 Å². The molecule has 1 saturated heterocycles. The summed E-state index contributed by atoms with van der Waals surface area (Å²) < 4.78 is 0. The van der Waals surface area contributed by atoms with Crippen LogP contribution in [0.25, 0.3) is 0 Å². The summed E-state index contributed by atoms with van der Waals surface area (Å²) in [6, 6.07) is -0.613. The third kappa shape index (κ3) is 5.95. The van der Waals surface area contributed by atoms with Crippen LogP contribution in [0.2, 0.25) is 0 Å². The number of carboxylic acids is 1. The number of hydrogen-bond acceptors (Lipinski definition) is 4. The van der Waals surface area contributed by atoms with Gasteiger partial charge in [0.05, 0.1) is 0 Å². The first kappa shape index (κ1) is 17.7. The Bertz CT molecular complexity index is 326. The quantitative estimate of drug-likeness (QED) is 0.476. The zero-order valence-corrected chi connectivity index (χ0v) is 13.6. The van der Waals surface area contributed by atoms with Gasteiger partial charge in [0, 0.05) is 18.2 Å². The number of carboxylic acid groups (broad SMARTS) is 1. The second kappa shape index (κ2) is 9.55. The zero-order valence-electron chi connectivity index (χ0n) is 11.8. The number of aliphatic carboxylic acids is 1. The van der Waals surface area contributed by atoms with Crippen LogP contribution >= 0.6 is 25.3 Å². The number of carbonyl (C=O) groups is 2. The maximum atomic E-state index is 12.1. The molecule has 0 aromatic carbocycles. The molecule has 1 fully saturated rings. The van der Waals surface area contributed by atoms with Crippen molar-refractivity contribution in [1.29, 1.82) is 0 Å². The number of thiol groups is 2. The number of nitrogens with zero attached hydrogens (tertiary/aromatic N) is 1. The molecule has 0 saturated carbocycles. The molecule has 1 aliphatic heterocycles. The van der Waals surface area contributed by atoms with Crippen LogP contribution in [0.15, 0.2) is 0 Å². The predicted octanol–water partition coefficient (Wildman–Crippen LogP) is 2.63. The summed E-state index contributed by atoms with van der Waals surface area (Å²) in [5, 5.41) is 9.50. The van der Waals surface area contributed by atoms with Crippen molar-refractivity contribution in [1.82, 2.24) is 4.90 Å². The molecule has 1 aliphatic rings. The average Bonchev–Trinajstić information content (AvgIpc) is 2.43. The van der Waals surface area contributed by atoms with Gasteiger partial charge in [0.1, 0.15) is 6.04 Å². The standard InChI is InChI=1S/C14H25NO3S2/c16-13(7-2-1-5-11(20)8-10-19)15-9-4-3-6-12(15)14(17)18/h11-12,19-20H,1-10H2,(H,17,18). The van der Waals surface area contributed by atoms with Crippen LogP contribution in [0.4, 0.5) is 0 Å². The summed E-state index contributed by atoms with van der Waals surface area (Å²) in [4.78, 5) is 24.8. The Kier molecular flexibility index (Phi) is 8.45. The highest BCUT2D eigenvalue weighted by atomic mass is 32.1. The van der Waals surface area contributed by atoms with Crippen LogP contribution in [0.5, 0.6) is 0 Å². The highest BCUT2D eigenvalue weighted by Crippen LogP contribution is 2.19. The van der Waals surface area contributed by atoms with Gasteiger partial charge in [0.2, 0.25) is 5.91 Å². The predicted molar refractivity (Wildman–Crippen MR) is 86.7 cm³/mol. The van der Waals surface area contributed by atoms with E-state index in [4.69, 9.17) is 5.11 Å². The number of rotatable bonds is 8. The van der Waals surface area contributed by atoms with Crippen LogP contribution in [0.1, 0.15) is 51.4 Å². The highest BCUT2D eigenvalue weighted by Gasteiger charge is 2.31. The fourth-order valence-corrected chi connectivity index (χ4v) is 3.41. The van der Waals surface area contributed by atoms with Crippen LogP contribution < -0.4 is 0 Å². The molecule has 0 spiro atoms. The smallest absolute Gasteiger partial charge is 0.326 e. The minimum Gasteiger partial charge on any atom is -0.480 e. The van der Waals surface area contributed by atoms with Gasteiger partial charge in [-0.1, -0.05) is 6.42 Å². The molecule has 1 heterocycles. The summed E-state index contributed by atoms with van der Waals surface area (Å²) >= 11 is 8.63. The van der Waals surface area contributed by atoms with E-state index in [2.05, 4.69) is 25.3 Å². The SMILES string of the molecule is O=C(O)C1CCCCN1C(=O)CCCCC(S)CCS. The van der Waals surface area contributed by atoms with Gasteiger partial charge in [-0.05, 0) is 44.3 Å². The Labute approximate surface area is 132 Å². The maximum absolute atomic E-state index is 12.1. The van der Waals surface area contributed by atoms with E-state index in [1.807, 2.05) is 0 Å². The summed E-state index contributed by atoms with van der Waals surface area (Å²) in [6.45, 7) is 0.588. The highest BCUT2D eigenvalue weighted by molar-refractivity contribution is 7.81. The second-order valence-electron chi connectivity index (χ2n) is 5.35. The summed E-state index contributed by atoms with van der Waals surface area (Å²) in [5.74, 6) is -0.0505. The van der Waals surface area contributed by atoms with Gasteiger partial charge in [-0.15, -0.1) is 0 Å². The van der Waals surface area contributed by atoms with E-state index in [0.717, 1.165) is 44.3 Å². The number of carbonyl (C=O) groups excluding carboxylic acids is 1. The Morgan fingerprint density at radius 3 is 2.65 bits per heavy atom. The molecule has 0 bridgehead atoms. The molecule has 0 radical (unpaired) electrons. The van der Waals surface area contributed by atoms with Gasteiger partial charge < -0.3 is 10.0 Å². The lowest BCUT2D eigenvalue weighted by molar-refractivity contribution is -0.152. The molecule has 2 atom stereocenters. The van der Waals surface area contributed by atoms with Gasteiger partial charge in [-0.25, -0.2) is 4.79 Å². The second-order valence-corrected chi connectivity index (χ2v) is 6.53. The van der Waals surface area contributed by atoms with Crippen LogP contribution in [-0.2, 0) is 9.59 Å². The van der Waals surface area contributed by atoms with Gasteiger partial charge in [-0.3, -0.25) is 4.79 Å². The van der Waals surface area contributed by atoms with E-state index in [0.29, 0.717) is 24.6 Å². The van der Waals surface area contributed by atoms with Crippen molar-refractivity contribution in [3.8, 4) is 0 Å². The Morgan fingerprint density at radius 2 is 2.00 bits per heavy atom. The minimum atomic E-state index is -0.873. The summed E-state index contributed by atoms with van der Waals surface area (Å²) in [6.07, 6.45) is 6.58. The third-order valence-corrected chi connectivity index (χ3v) is 4.52. The van der Waals surface area contributed by atoms with Crippen molar-refractivity contribution in [2.75, 3.05) is 12.3 Å². The van der Waals surface area contributed by atoms with E-state index in [1.165, 1.54) is 0 Å². The molecule has 20 heavy (non-hydrogen) atoms. The lowest BCUT2D eigenvalue weighted by Gasteiger charge is -2.33. The Morgan fingerprint density at radius 1 is 1.25 bits per heavy atom. The van der Waals surface area contributed by atoms with E-state index < -0.39 is 12.0 Å². The number of unbranched alkanes of at least 4 members (excludes halogenated alkanes) is 1. The molecule has 0 aromatic rings. The fourth-order valence-electron chi connectivity index (χ4n) is 2.58. The van der Waals surface area contributed by atoms with Gasteiger partial charge >= 0.3 is 5.97 Å². The van der Waals surface area contributed by atoms with Crippen LogP contribution in [-0.4, -0.2) is 45.5 Å². The van der Waals surface area contributed by atoms with E-state index in [1.54, 1.807) is 4.90 Å². The molecule has 4 nitrogen and oxygen atoms in total. The zero-order chi connectivity index (χ0) is 15.0. The van der Waals surface area contributed by atoms with Crippen molar-refractivity contribution in [3.05, 3.63) is 0 Å². The minimum absolute atomic E-state index is 0.0120. The largest absolute Gasteiger partial charge is 0.480 e. The molecule has 116 valence electrons. The first-order valence-corrected chi connectivity index (χ1v) is 8.52. The number of likely N-dealkylation sites (tertiary alicyclic amines) is 1. The van der Waals surface area contributed by atoms with Crippen LogP contribution in [0, 0.1) is 0 Å². The number of piperidine rings is 1. The summed E-state index contributed by atoms with van der Waals surface area (Å²) in [7, 11) is 0. The molecule has 2 unspecified atom stereocenters. The molecule has 1 rings (SSSR count). The first-order valence-electron chi connectivity index (χ1n) is 7.37. The van der Waals surface area contributed by atoms with Crippen molar-refractivity contribution in [2.24, 2.45) is 0 Å². The normalized spacial score (nSPS) is 20.7. The monoisotopic (exact) mass is 319 g/mol. The van der Waals surface area contributed by atoms with E-state index >= 15 is 0 Å². The number of amides is 1. The number of hydrogen-bond donors (Lipinski definition) is 3. The topological polar surface area (TPSA) is 57.6 Å². The van der Waals surface area contributed by atoms with Crippen LogP contribution in [0.3, 0.4) is 0 Å². The lowest BCUT2D eigenvalue weighted by atomic mass is 10.0. The van der Waals surface area contributed by atoms with Gasteiger partial charge in [0.25, 0.3) is 0 Å². The van der Waals surface area contributed by atoms with Gasteiger partial charge in [0.15, 0.2) is 0 Å². The lowest BCUT2D eigenvalue weighted by Crippen LogP contribution is -2.47. The molecule has 0 aliphatic carbocycles. The fraction of sp³-hybridized carbons (Fsp3) is 0.857. The molecule has 1 N–H and O–H groups in total. The van der Waals surface area contributed by atoms with Crippen molar-refractivity contribution in [2.45, 2.75) is 62.7 Å². The van der Waals surface area contributed by atoms with E-state index in [9.17, 15) is 9.59 Å². The Hall–Kier alpha value is -0.360. The molecular formula is C14H25NO3S2. The average molecular weight is 319 g/mol. The van der Waals surface area contributed by atoms with Crippen molar-refractivity contribution in [3.63, 3.8) is 0 Å². The third-order valence-electron chi connectivity index (χ3n) is 3.75. The maximum Gasteiger partial charge on any atom is 0.326 e. The summed E-state index contributed by atoms with van der Waals surface area (Å²) in [5.41, 5.74) is 0. The molecule has 6 heteroatoms. The van der Waals surface area contributed by atoms with Crippen molar-refractivity contribution < 1.29 is 14.7 Å². The van der Waals surface area contributed by atoms with Gasteiger partial charge in [-0.2, -0.15) is 25.3 Å². The molecular weight excluding hydrogens is 294 g/mol. The van der Waals surface area contributed by atoms with E-state index in [-0.39, 0.29) is 5.91 Å². The molecule has 0 aromatic heterocycles. The Balaban J connectivity index is 2.28. The molecule has 1 amide bonds.